The number of rotatable bonds is 48. The van der Waals surface area contributed by atoms with Gasteiger partial charge in [0.2, 0.25) is 0 Å². The van der Waals surface area contributed by atoms with E-state index in [0.717, 1.165) is 64.2 Å². The highest BCUT2D eigenvalue weighted by molar-refractivity contribution is 5.69. The summed E-state index contributed by atoms with van der Waals surface area (Å²) < 4.78 is 6.05. The maximum Gasteiger partial charge on any atom is 0.306 e. The van der Waals surface area contributed by atoms with Crippen molar-refractivity contribution >= 4 is 11.9 Å². The second-order valence-corrected chi connectivity index (χ2v) is 17.7. The molecule has 1 atom stereocenters. The molecule has 1 N–H and O–H groups in total. The molecule has 0 aliphatic rings. The number of aliphatic carboxylic acids is 1. The number of esters is 1. The molecule has 0 bridgehead atoms. The molecule has 0 rings (SSSR count). The summed E-state index contributed by atoms with van der Waals surface area (Å²) in [5.41, 5.74) is 0. The zero-order valence-electron chi connectivity index (χ0n) is 37.8. The average molecular weight is 777 g/mol. The molecule has 0 amide bonds. The summed E-state index contributed by atoms with van der Waals surface area (Å²) in [5.74, 6) is -0.680. The molecule has 0 aromatic heterocycles. The van der Waals surface area contributed by atoms with Gasteiger partial charge < -0.3 is 9.84 Å². The zero-order valence-corrected chi connectivity index (χ0v) is 37.8. The summed E-state index contributed by atoms with van der Waals surface area (Å²) in [4.78, 5) is 23.5. The Bertz CT molecular complexity index is 751. The highest BCUT2D eigenvalue weighted by Gasteiger charge is 2.14. The van der Waals surface area contributed by atoms with E-state index in [9.17, 15) is 9.59 Å². The van der Waals surface area contributed by atoms with Gasteiger partial charge in [-0.05, 0) is 38.5 Å². The van der Waals surface area contributed by atoms with Gasteiger partial charge in [0.25, 0.3) is 0 Å². The van der Waals surface area contributed by atoms with Crippen molar-refractivity contribution in [2.45, 2.75) is 315 Å². The quantitative estimate of drug-likeness (QED) is 0.0494. The standard InChI is InChI=1S/C51H100O4/c1-3-5-7-9-11-13-15-17-18-19-20-21-22-23-24-25-26-27-29-31-33-35-40-44-48-51(54)55-49(46-42-38-36-39-43-47-50(52)53)45-41-37-34-32-30-28-16-14-12-10-8-6-4-2/h49H,3-48H2,1-2H3,(H,52,53). The summed E-state index contributed by atoms with van der Waals surface area (Å²) in [7, 11) is 0. The van der Waals surface area contributed by atoms with Gasteiger partial charge in [-0.25, -0.2) is 0 Å². The first-order valence-corrected chi connectivity index (χ1v) is 25.5. The summed E-state index contributed by atoms with van der Waals surface area (Å²) in [6.07, 6.45) is 58.8. The van der Waals surface area contributed by atoms with E-state index in [2.05, 4.69) is 13.8 Å². The predicted molar refractivity (Wildman–Crippen MR) is 241 cm³/mol. The lowest BCUT2D eigenvalue weighted by atomic mass is 10.0. The number of carbonyl (C=O) groups excluding carboxylic acids is 1. The molecular weight excluding hydrogens is 677 g/mol. The van der Waals surface area contributed by atoms with Crippen molar-refractivity contribution in [3.63, 3.8) is 0 Å². The Balaban J connectivity index is 3.80. The van der Waals surface area contributed by atoms with Gasteiger partial charge in [0.05, 0.1) is 0 Å². The maximum atomic E-state index is 12.8. The van der Waals surface area contributed by atoms with Crippen molar-refractivity contribution in [3.8, 4) is 0 Å². The first-order chi connectivity index (χ1) is 27.1. The molecule has 0 fully saturated rings. The van der Waals surface area contributed by atoms with Crippen LogP contribution >= 0.6 is 0 Å². The van der Waals surface area contributed by atoms with Crippen LogP contribution in [-0.2, 0) is 14.3 Å². The summed E-state index contributed by atoms with van der Waals surface area (Å²) in [5, 5.41) is 8.86. The second-order valence-electron chi connectivity index (χ2n) is 17.7. The predicted octanol–water partition coefficient (Wildman–Crippen LogP) is 18.0. The molecule has 0 spiro atoms. The number of carboxylic acid groups (broad SMARTS) is 1. The Hall–Kier alpha value is -1.06. The van der Waals surface area contributed by atoms with Crippen molar-refractivity contribution in [3.05, 3.63) is 0 Å². The third-order valence-corrected chi connectivity index (χ3v) is 12.1. The smallest absolute Gasteiger partial charge is 0.306 e. The highest BCUT2D eigenvalue weighted by Crippen LogP contribution is 2.20. The van der Waals surface area contributed by atoms with Crippen LogP contribution in [0, 0.1) is 0 Å². The fraction of sp³-hybridized carbons (Fsp3) is 0.961. The summed E-state index contributed by atoms with van der Waals surface area (Å²) >= 11 is 0. The van der Waals surface area contributed by atoms with Gasteiger partial charge in [-0.2, -0.15) is 0 Å². The minimum atomic E-state index is -0.694. The van der Waals surface area contributed by atoms with Gasteiger partial charge in [0.1, 0.15) is 6.10 Å². The number of carbonyl (C=O) groups is 2. The third-order valence-electron chi connectivity index (χ3n) is 12.1. The molecule has 0 heterocycles. The van der Waals surface area contributed by atoms with Crippen LogP contribution < -0.4 is 0 Å². The first kappa shape index (κ1) is 53.9. The van der Waals surface area contributed by atoms with Crippen molar-refractivity contribution in [2.75, 3.05) is 0 Å². The Morgan fingerprint density at radius 2 is 0.545 bits per heavy atom. The number of hydrogen-bond acceptors (Lipinski definition) is 3. The highest BCUT2D eigenvalue weighted by atomic mass is 16.5. The molecular formula is C51H100O4. The van der Waals surface area contributed by atoms with Crippen molar-refractivity contribution in [1.82, 2.24) is 0 Å². The van der Waals surface area contributed by atoms with Gasteiger partial charge in [0, 0.05) is 12.8 Å². The van der Waals surface area contributed by atoms with E-state index in [1.807, 2.05) is 0 Å². The van der Waals surface area contributed by atoms with Crippen LogP contribution in [0.1, 0.15) is 309 Å². The SMILES string of the molecule is CCCCCCCCCCCCCCCCCCCCCCCCCCC(=O)OC(CCCCCCCCCCCCCCC)CCCCCCCC(=O)O. The van der Waals surface area contributed by atoms with Gasteiger partial charge in [-0.15, -0.1) is 0 Å². The van der Waals surface area contributed by atoms with E-state index >= 15 is 0 Å². The van der Waals surface area contributed by atoms with Gasteiger partial charge in [0.15, 0.2) is 0 Å². The molecule has 0 aromatic carbocycles. The molecule has 0 saturated heterocycles. The number of ether oxygens (including phenoxy) is 1. The van der Waals surface area contributed by atoms with Gasteiger partial charge in [-0.1, -0.05) is 258 Å². The van der Waals surface area contributed by atoms with E-state index in [-0.39, 0.29) is 18.5 Å². The largest absolute Gasteiger partial charge is 0.481 e. The van der Waals surface area contributed by atoms with E-state index in [0.29, 0.717) is 6.42 Å². The Kier molecular flexibility index (Phi) is 46.4. The first-order valence-electron chi connectivity index (χ1n) is 25.5. The molecule has 4 heteroatoms. The molecule has 0 aliphatic heterocycles. The van der Waals surface area contributed by atoms with E-state index in [1.165, 1.54) is 218 Å². The van der Waals surface area contributed by atoms with Crippen LogP contribution in [-0.4, -0.2) is 23.1 Å². The molecule has 0 aromatic rings. The Morgan fingerprint density at radius 1 is 0.327 bits per heavy atom. The van der Waals surface area contributed by atoms with Crippen LogP contribution in [0.5, 0.6) is 0 Å². The summed E-state index contributed by atoms with van der Waals surface area (Å²) in [6, 6.07) is 0. The van der Waals surface area contributed by atoms with Crippen LogP contribution in [0.25, 0.3) is 0 Å². The van der Waals surface area contributed by atoms with Crippen molar-refractivity contribution < 1.29 is 19.4 Å². The molecule has 0 saturated carbocycles. The lowest BCUT2D eigenvalue weighted by Gasteiger charge is -2.18. The molecule has 0 aliphatic carbocycles. The van der Waals surface area contributed by atoms with Crippen LogP contribution in [0.15, 0.2) is 0 Å². The maximum absolute atomic E-state index is 12.8. The lowest BCUT2D eigenvalue weighted by Crippen LogP contribution is -2.18. The normalized spacial score (nSPS) is 12.0. The van der Waals surface area contributed by atoms with E-state index in [1.54, 1.807) is 0 Å². The number of hydrogen-bond donors (Lipinski definition) is 1. The topological polar surface area (TPSA) is 63.6 Å². The fourth-order valence-electron chi connectivity index (χ4n) is 8.31. The van der Waals surface area contributed by atoms with E-state index in [4.69, 9.17) is 9.84 Å². The fourth-order valence-corrected chi connectivity index (χ4v) is 8.31. The number of unbranched alkanes of at least 4 members (excludes halogenated alkanes) is 39. The minimum absolute atomic E-state index is 0.0138. The Labute approximate surface area is 345 Å². The molecule has 0 radical (unpaired) electrons. The van der Waals surface area contributed by atoms with Crippen LogP contribution in [0.4, 0.5) is 0 Å². The van der Waals surface area contributed by atoms with Gasteiger partial charge >= 0.3 is 11.9 Å². The van der Waals surface area contributed by atoms with Crippen LogP contribution in [0.2, 0.25) is 0 Å². The minimum Gasteiger partial charge on any atom is -0.481 e. The summed E-state index contributed by atoms with van der Waals surface area (Å²) in [6.45, 7) is 4.58. The van der Waals surface area contributed by atoms with Crippen molar-refractivity contribution in [1.29, 1.82) is 0 Å². The van der Waals surface area contributed by atoms with Crippen molar-refractivity contribution in [2.24, 2.45) is 0 Å². The Morgan fingerprint density at radius 3 is 0.800 bits per heavy atom. The van der Waals surface area contributed by atoms with E-state index < -0.39 is 5.97 Å². The molecule has 55 heavy (non-hydrogen) atoms. The third kappa shape index (κ3) is 47.2. The van der Waals surface area contributed by atoms with Gasteiger partial charge in [-0.3, -0.25) is 9.59 Å². The average Bonchev–Trinajstić information content (AvgIpc) is 3.17. The molecule has 1 unspecified atom stereocenters. The second kappa shape index (κ2) is 47.3. The molecule has 328 valence electrons. The number of carboxylic acids is 1. The molecule has 4 nitrogen and oxygen atoms in total. The zero-order chi connectivity index (χ0) is 40.0. The lowest BCUT2D eigenvalue weighted by molar-refractivity contribution is -0.150. The van der Waals surface area contributed by atoms with Crippen LogP contribution in [0.3, 0.4) is 0 Å². The monoisotopic (exact) mass is 777 g/mol.